The van der Waals surface area contributed by atoms with Crippen LogP contribution in [0.1, 0.15) is 0 Å². The lowest BCUT2D eigenvalue weighted by molar-refractivity contribution is 1.07. The van der Waals surface area contributed by atoms with Crippen molar-refractivity contribution < 1.29 is 0 Å². The molecule has 2 heterocycles. The van der Waals surface area contributed by atoms with Crippen molar-refractivity contribution in [3.05, 3.63) is 176 Å². The summed E-state index contributed by atoms with van der Waals surface area (Å²) >= 11 is 1.85. The van der Waals surface area contributed by atoms with Gasteiger partial charge < -0.3 is 0 Å². The van der Waals surface area contributed by atoms with Gasteiger partial charge in [0.15, 0.2) is 17.5 Å². The Morgan fingerprint density at radius 2 is 0.755 bits per heavy atom. The topological polar surface area (TPSA) is 38.7 Å². The molecule has 3 nitrogen and oxygen atoms in total. The van der Waals surface area contributed by atoms with Gasteiger partial charge in [-0.3, -0.25) is 0 Å². The lowest BCUT2D eigenvalue weighted by atomic mass is 9.95. The summed E-state index contributed by atoms with van der Waals surface area (Å²) in [6.07, 6.45) is 0. The van der Waals surface area contributed by atoms with Crippen LogP contribution in [0, 0.1) is 0 Å². The fourth-order valence-electron chi connectivity index (χ4n) is 6.49. The third-order valence-electron chi connectivity index (χ3n) is 8.95. The van der Waals surface area contributed by atoms with Crippen LogP contribution in [-0.2, 0) is 0 Å². The smallest absolute Gasteiger partial charge is 0.164 e. The van der Waals surface area contributed by atoms with Crippen molar-refractivity contribution in [1.82, 2.24) is 15.0 Å². The number of benzene rings is 7. The summed E-state index contributed by atoms with van der Waals surface area (Å²) < 4.78 is 2.57. The summed E-state index contributed by atoms with van der Waals surface area (Å²) in [5.74, 6) is 1.97. The highest BCUT2D eigenvalue weighted by Crippen LogP contribution is 2.42. The molecule has 4 heteroatoms. The first-order chi connectivity index (χ1) is 24.3. The maximum atomic E-state index is 4.93. The van der Waals surface area contributed by atoms with Crippen LogP contribution in [0.4, 0.5) is 0 Å². The fourth-order valence-corrected chi connectivity index (χ4v) is 7.60. The Kier molecular flexibility index (Phi) is 7.34. The van der Waals surface area contributed by atoms with Gasteiger partial charge in [-0.2, -0.15) is 0 Å². The zero-order chi connectivity index (χ0) is 32.6. The van der Waals surface area contributed by atoms with Crippen LogP contribution >= 0.6 is 11.3 Å². The number of hydrogen-bond acceptors (Lipinski definition) is 4. The van der Waals surface area contributed by atoms with E-state index >= 15 is 0 Å². The first-order valence-corrected chi connectivity index (χ1v) is 17.2. The van der Waals surface area contributed by atoms with E-state index in [9.17, 15) is 0 Å². The SMILES string of the molecule is c1ccc(-c2cccc(-c3ccc4sc5cccc(-c6ccc(-c7nc(-c8ccccc8)nc(-c8ccccc8)n7)cc6)c5c4c3)c2)cc1. The van der Waals surface area contributed by atoms with Crippen molar-refractivity contribution in [1.29, 1.82) is 0 Å². The highest BCUT2D eigenvalue weighted by atomic mass is 32.1. The molecule has 0 unspecified atom stereocenters. The van der Waals surface area contributed by atoms with Gasteiger partial charge in [0.1, 0.15) is 0 Å². The molecule has 49 heavy (non-hydrogen) atoms. The summed E-state index contributed by atoms with van der Waals surface area (Å²) in [4.78, 5) is 14.7. The summed E-state index contributed by atoms with van der Waals surface area (Å²) in [5.41, 5.74) is 10.1. The van der Waals surface area contributed by atoms with Gasteiger partial charge in [-0.05, 0) is 57.6 Å². The van der Waals surface area contributed by atoms with Gasteiger partial charge >= 0.3 is 0 Å². The molecule has 2 aromatic heterocycles. The number of hydrogen-bond donors (Lipinski definition) is 0. The second kappa shape index (κ2) is 12.4. The van der Waals surface area contributed by atoms with Crippen molar-refractivity contribution in [3.63, 3.8) is 0 Å². The highest BCUT2D eigenvalue weighted by molar-refractivity contribution is 7.26. The molecule has 0 amide bonds. The van der Waals surface area contributed by atoms with Crippen LogP contribution in [0.2, 0.25) is 0 Å². The lowest BCUT2D eigenvalue weighted by Gasteiger charge is -2.10. The van der Waals surface area contributed by atoms with Gasteiger partial charge in [-0.25, -0.2) is 15.0 Å². The van der Waals surface area contributed by atoms with Crippen LogP contribution in [-0.4, -0.2) is 15.0 Å². The van der Waals surface area contributed by atoms with Gasteiger partial charge in [0.2, 0.25) is 0 Å². The molecule has 0 saturated carbocycles. The molecular weight excluding hydrogens is 615 g/mol. The molecule has 9 aromatic rings. The molecule has 0 atom stereocenters. The normalized spacial score (nSPS) is 11.3. The maximum Gasteiger partial charge on any atom is 0.164 e. The third-order valence-corrected chi connectivity index (χ3v) is 10.1. The second-order valence-corrected chi connectivity index (χ2v) is 13.1. The average molecular weight is 644 g/mol. The van der Waals surface area contributed by atoms with Crippen LogP contribution in [0.3, 0.4) is 0 Å². The van der Waals surface area contributed by atoms with E-state index in [0.717, 1.165) is 22.3 Å². The first kappa shape index (κ1) is 29.0. The highest BCUT2D eigenvalue weighted by Gasteiger charge is 2.15. The largest absolute Gasteiger partial charge is 0.208 e. The number of aromatic nitrogens is 3. The minimum Gasteiger partial charge on any atom is -0.208 e. The molecule has 0 aliphatic heterocycles. The monoisotopic (exact) mass is 643 g/mol. The van der Waals surface area contributed by atoms with Gasteiger partial charge in [0.05, 0.1) is 0 Å². The standard InChI is InChI=1S/C45H29N3S/c1-4-12-30(13-5-1)35-18-10-19-36(28-35)37-26-27-40-39(29-37)42-38(20-11-21-41(42)49-40)31-22-24-34(25-23-31)45-47-43(32-14-6-2-7-15-32)46-44(48-45)33-16-8-3-9-17-33/h1-29H. The Hall–Kier alpha value is -6.23. The van der Waals surface area contributed by atoms with Crippen molar-refractivity contribution in [2.24, 2.45) is 0 Å². The molecule has 9 rings (SSSR count). The number of rotatable bonds is 6. The molecule has 0 aliphatic carbocycles. The molecule has 0 bridgehead atoms. The summed E-state index contributed by atoms with van der Waals surface area (Å²) in [6, 6.07) is 61.7. The van der Waals surface area contributed by atoms with Crippen LogP contribution < -0.4 is 0 Å². The number of fused-ring (bicyclic) bond motifs is 3. The van der Waals surface area contributed by atoms with E-state index in [2.05, 4.69) is 115 Å². The maximum absolute atomic E-state index is 4.93. The van der Waals surface area contributed by atoms with E-state index < -0.39 is 0 Å². The zero-order valence-corrected chi connectivity index (χ0v) is 27.3. The molecule has 230 valence electrons. The Labute approximate surface area is 288 Å². The molecule has 0 fully saturated rings. The van der Waals surface area contributed by atoms with Crippen LogP contribution in [0.15, 0.2) is 176 Å². The van der Waals surface area contributed by atoms with Gasteiger partial charge in [-0.1, -0.05) is 152 Å². The van der Waals surface area contributed by atoms with Crippen molar-refractivity contribution in [2.45, 2.75) is 0 Å². The number of nitrogens with zero attached hydrogens (tertiary/aromatic N) is 3. The number of thiophene rings is 1. The minimum atomic E-state index is 0.654. The Morgan fingerprint density at radius 3 is 1.37 bits per heavy atom. The molecule has 0 spiro atoms. The predicted molar refractivity (Wildman–Crippen MR) is 205 cm³/mol. The average Bonchev–Trinajstić information content (AvgIpc) is 3.57. The Bertz CT molecular complexity index is 2520. The lowest BCUT2D eigenvalue weighted by Crippen LogP contribution is -2.00. The molecule has 0 saturated heterocycles. The summed E-state index contributed by atoms with van der Waals surface area (Å²) in [6.45, 7) is 0. The molecule has 0 aliphatic rings. The predicted octanol–water partition coefficient (Wildman–Crippen LogP) is 12.2. The molecule has 0 N–H and O–H groups in total. The zero-order valence-electron chi connectivity index (χ0n) is 26.5. The quantitative estimate of drug-likeness (QED) is 0.181. The molecule has 7 aromatic carbocycles. The van der Waals surface area contributed by atoms with E-state index in [0.29, 0.717) is 17.5 Å². The van der Waals surface area contributed by atoms with E-state index in [4.69, 9.17) is 15.0 Å². The molecule has 0 radical (unpaired) electrons. The van der Waals surface area contributed by atoms with E-state index in [1.165, 1.54) is 48.0 Å². The van der Waals surface area contributed by atoms with Crippen molar-refractivity contribution >= 4 is 31.5 Å². The fraction of sp³-hybridized carbons (Fsp3) is 0. The van der Waals surface area contributed by atoms with E-state index in [-0.39, 0.29) is 0 Å². The van der Waals surface area contributed by atoms with Gasteiger partial charge in [0.25, 0.3) is 0 Å². The van der Waals surface area contributed by atoms with Gasteiger partial charge in [-0.15, -0.1) is 11.3 Å². The van der Waals surface area contributed by atoms with Crippen molar-refractivity contribution in [3.8, 4) is 67.5 Å². The van der Waals surface area contributed by atoms with E-state index in [1.807, 2.05) is 72.0 Å². The Balaban J connectivity index is 1.12. The molecular formula is C45H29N3S. The minimum absolute atomic E-state index is 0.654. The second-order valence-electron chi connectivity index (χ2n) is 12.1. The third kappa shape index (κ3) is 5.58. The summed E-state index contributed by atoms with van der Waals surface area (Å²) in [5, 5.41) is 2.56. The van der Waals surface area contributed by atoms with Crippen LogP contribution in [0.5, 0.6) is 0 Å². The van der Waals surface area contributed by atoms with E-state index in [1.54, 1.807) is 0 Å². The van der Waals surface area contributed by atoms with Crippen LogP contribution in [0.25, 0.3) is 87.7 Å². The Morgan fingerprint density at radius 1 is 0.306 bits per heavy atom. The van der Waals surface area contributed by atoms with Gasteiger partial charge in [0, 0.05) is 36.9 Å². The summed E-state index contributed by atoms with van der Waals surface area (Å²) in [7, 11) is 0. The van der Waals surface area contributed by atoms with Crippen molar-refractivity contribution in [2.75, 3.05) is 0 Å². The first-order valence-electron chi connectivity index (χ1n) is 16.4.